The Labute approximate surface area is 204 Å². The van der Waals surface area contributed by atoms with Gasteiger partial charge in [-0.2, -0.15) is 0 Å². The highest BCUT2D eigenvalue weighted by Crippen LogP contribution is 2.30. The summed E-state index contributed by atoms with van der Waals surface area (Å²) in [4.78, 5) is 39.8. The number of carbonyl (C=O) groups is 3. The van der Waals surface area contributed by atoms with Crippen molar-refractivity contribution in [3.05, 3.63) is 64.7 Å². The molecule has 0 saturated heterocycles. The zero-order chi connectivity index (χ0) is 25.0. The van der Waals surface area contributed by atoms with E-state index < -0.39 is 22.0 Å². The number of benzene rings is 2. The number of rotatable bonds is 9. The van der Waals surface area contributed by atoms with Crippen molar-refractivity contribution in [1.29, 1.82) is 0 Å². The number of halogens is 1. The summed E-state index contributed by atoms with van der Waals surface area (Å²) in [5.41, 5.74) is 0.937. The van der Waals surface area contributed by atoms with Gasteiger partial charge in [0.25, 0.3) is 15.9 Å². The van der Waals surface area contributed by atoms with Gasteiger partial charge >= 0.3 is 0 Å². The molecule has 8 nitrogen and oxygen atoms in total. The molecule has 0 aromatic heterocycles. The molecule has 0 bridgehead atoms. The standard InChI is InChI=1S/C24H28ClN3O5S/c1-16(2)26-23(30)17(3)27(15-18-10-12-19(25)13-11-18)22(29)9-6-14-28-24(31)20-7-4-5-8-21(20)34(28,32)33/h4-5,7-8,10-13,16-17H,6,9,14-15H2,1-3H3,(H,26,30)/t17-/m0/s1. The molecular weight excluding hydrogens is 478 g/mol. The van der Waals surface area contributed by atoms with Crippen LogP contribution in [0, 0.1) is 0 Å². The van der Waals surface area contributed by atoms with Gasteiger partial charge < -0.3 is 10.2 Å². The molecule has 1 atom stereocenters. The monoisotopic (exact) mass is 505 g/mol. The summed E-state index contributed by atoms with van der Waals surface area (Å²) in [5.74, 6) is -1.20. The third-order valence-corrected chi connectivity index (χ3v) is 7.62. The molecule has 3 amide bonds. The Hall–Kier alpha value is -2.91. The second kappa shape index (κ2) is 10.6. The van der Waals surface area contributed by atoms with Gasteiger partial charge in [-0.1, -0.05) is 35.9 Å². The van der Waals surface area contributed by atoms with E-state index in [9.17, 15) is 22.8 Å². The predicted octanol–water partition coefficient (Wildman–Crippen LogP) is 3.21. The third-order valence-electron chi connectivity index (χ3n) is 5.53. The van der Waals surface area contributed by atoms with E-state index in [-0.39, 0.29) is 54.2 Å². The van der Waals surface area contributed by atoms with E-state index >= 15 is 0 Å². The van der Waals surface area contributed by atoms with E-state index in [0.29, 0.717) is 5.02 Å². The maximum atomic E-state index is 13.1. The lowest BCUT2D eigenvalue weighted by Crippen LogP contribution is -2.49. The minimum Gasteiger partial charge on any atom is -0.352 e. The van der Waals surface area contributed by atoms with Crippen LogP contribution in [-0.4, -0.2) is 54.0 Å². The Morgan fingerprint density at radius 1 is 1.06 bits per heavy atom. The van der Waals surface area contributed by atoms with Crippen LogP contribution in [-0.2, 0) is 26.2 Å². The van der Waals surface area contributed by atoms with Gasteiger partial charge in [0.15, 0.2) is 0 Å². The molecule has 0 fully saturated rings. The average Bonchev–Trinajstić information content (AvgIpc) is 2.98. The van der Waals surface area contributed by atoms with E-state index in [0.717, 1.165) is 9.87 Å². The predicted molar refractivity (Wildman–Crippen MR) is 129 cm³/mol. The minimum atomic E-state index is -3.93. The lowest BCUT2D eigenvalue weighted by Gasteiger charge is -2.29. The molecule has 2 aromatic rings. The number of sulfonamides is 1. The van der Waals surface area contributed by atoms with Gasteiger partial charge in [0.05, 0.1) is 5.56 Å². The number of hydrogen-bond donors (Lipinski definition) is 1. The number of nitrogens with one attached hydrogen (secondary N) is 1. The molecule has 0 saturated carbocycles. The van der Waals surface area contributed by atoms with Crippen LogP contribution in [0.25, 0.3) is 0 Å². The number of nitrogens with zero attached hydrogens (tertiary/aromatic N) is 2. The van der Waals surface area contributed by atoms with E-state index in [1.165, 1.54) is 17.0 Å². The fourth-order valence-electron chi connectivity index (χ4n) is 3.74. The number of carbonyl (C=O) groups excluding carboxylic acids is 3. The molecule has 34 heavy (non-hydrogen) atoms. The maximum Gasteiger partial charge on any atom is 0.269 e. The smallest absolute Gasteiger partial charge is 0.269 e. The summed E-state index contributed by atoms with van der Waals surface area (Å²) in [7, 11) is -3.93. The molecule has 10 heteroatoms. The summed E-state index contributed by atoms with van der Waals surface area (Å²) in [6.45, 7) is 5.39. The van der Waals surface area contributed by atoms with Gasteiger partial charge in [-0.25, -0.2) is 12.7 Å². The number of hydrogen-bond acceptors (Lipinski definition) is 5. The molecule has 1 heterocycles. The van der Waals surface area contributed by atoms with E-state index in [4.69, 9.17) is 11.6 Å². The van der Waals surface area contributed by atoms with Gasteiger partial charge in [-0.15, -0.1) is 0 Å². The Kier molecular flexibility index (Phi) is 7.99. The largest absolute Gasteiger partial charge is 0.352 e. The topological polar surface area (TPSA) is 104 Å². The summed E-state index contributed by atoms with van der Waals surface area (Å²) in [6, 6.07) is 12.2. The number of fused-ring (bicyclic) bond motifs is 1. The van der Waals surface area contributed by atoms with Gasteiger partial charge in [0, 0.05) is 30.6 Å². The van der Waals surface area contributed by atoms with Crippen molar-refractivity contribution in [1.82, 2.24) is 14.5 Å². The van der Waals surface area contributed by atoms with E-state index in [1.807, 2.05) is 13.8 Å². The fourth-order valence-corrected chi connectivity index (χ4v) is 5.48. The van der Waals surface area contributed by atoms with Gasteiger partial charge in [-0.05, 0) is 57.0 Å². The van der Waals surface area contributed by atoms with Crippen molar-refractivity contribution in [2.45, 2.75) is 57.1 Å². The molecule has 0 spiro atoms. The number of amides is 3. The van der Waals surface area contributed by atoms with Gasteiger partial charge in [-0.3, -0.25) is 14.4 Å². The van der Waals surface area contributed by atoms with Crippen molar-refractivity contribution >= 4 is 39.3 Å². The van der Waals surface area contributed by atoms with Crippen LogP contribution >= 0.6 is 11.6 Å². The Balaban J connectivity index is 1.70. The molecule has 2 aromatic carbocycles. The maximum absolute atomic E-state index is 13.1. The highest BCUT2D eigenvalue weighted by molar-refractivity contribution is 7.90. The molecule has 1 aliphatic heterocycles. The van der Waals surface area contributed by atoms with Crippen molar-refractivity contribution in [3.63, 3.8) is 0 Å². The molecule has 182 valence electrons. The van der Waals surface area contributed by atoms with E-state index in [1.54, 1.807) is 43.3 Å². The summed E-state index contributed by atoms with van der Waals surface area (Å²) in [5, 5.41) is 3.37. The zero-order valence-corrected chi connectivity index (χ0v) is 20.9. The van der Waals surface area contributed by atoms with E-state index in [2.05, 4.69) is 5.32 Å². The Bertz CT molecular complexity index is 1180. The molecule has 1 N–H and O–H groups in total. The van der Waals surface area contributed by atoms with Crippen molar-refractivity contribution in [3.8, 4) is 0 Å². The highest BCUT2D eigenvalue weighted by atomic mass is 35.5. The normalized spacial score (nSPS) is 15.2. The Morgan fingerprint density at radius 2 is 1.71 bits per heavy atom. The lowest BCUT2D eigenvalue weighted by atomic mass is 10.1. The van der Waals surface area contributed by atoms with Gasteiger partial charge in [0.2, 0.25) is 11.8 Å². The van der Waals surface area contributed by atoms with Crippen LogP contribution in [0.5, 0.6) is 0 Å². The quantitative estimate of drug-likeness (QED) is 0.563. The SMILES string of the molecule is CC(C)NC(=O)[C@H](C)N(Cc1ccc(Cl)cc1)C(=O)CCCN1C(=O)c2ccccc2S1(=O)=O. The van der Waals surface area contributed by atoms with Crippen molar-refractivity contribution in [2.24, 2.45) is 0 Å². The first-order valence-corrected chi connectivity index (χ1v) is 12.8. The lowest BCUT2D eigenvalue weighted by molar-refractivity contribution is -0.140. The second-order valence-corrected chi connectivity index (χ2v) is 10.7. The first-order chi connectivity index (χ1) is 16.0. The van der Waals surface area contributed by atoms with Crippen LogP contribution in [0.1, 0.15) is 49.5 Å². The summed E-state index contributed by atoms with van der Waals surface area (Å²) < 4.78 is 26.2. The fraction of sp³-hybridized carbons (Fsp3) is 0.375. The van der Waals surface area contributed by atoms with Crippen molar-refractivity contribution in [2.75, 3.05) is 6.54 Å². The molecule has 0 aliphatic carbocycles. The minimum absolute atomic E-state index is 0.0188. The van der Waals surface area contributed by atoms with Crippen LogP contribution in [0.2, 0.25) is 5.02 Å². The first-order valence-electron chi connectivity index (χ1n) is 11.0. The second-order valence-electron chi connectivity index (χ2n) is 8.47. The third kappa shape index (κ3) is 5.59. The average molecular weight is 506 g/mol. The van der Waals surface area contributed by atoms with Crippen LogP contribution in [0.4, 0.5) is 0 Å². The van der Waals surface area contributed by atoms with Crippen molar-refractivity contribution < 1.29 is 22.8 Å². The zero-order valence-electron chi connectivity index (χ0n) is 19.3. The Morgan fingerprint density at radius 3 is 2.32 bits per heavy atom. The van der Waals surface area contributed by atoms with Crippen LogP contribution in [0.3, 0.4) is 0 Å². The molecule has 1 aliphatic rings. The molecule has 0 unspecified atom stereocenters. The molecular formula is C24H28ClN3O5S. The molecule has 0 radical (unpaired) electrons. The van der Waals surface area contributed by atoms with Crippen LogP contribution < -0.4 is 5.32 Å². The van der Waals surface area contributed by atoms with Crippen LogP contribution in [0.15, 0.2) is 53.4 Å². The summed E-state index contributed by atoms with van der Waals surface area (Å²) >= 11 is 5.95. The van der Waals surface area contributed by atoms with Gasteiger partial charge in [0.1, 0.15) is 10.9 Å². The molecule has 3 rings (SSSR count). The summed E-state index contributed by atoms with van der Waals surface area (Å²) in [6.07, 6.45) is 0.107. The highest BCUT2D eigenvalue weighted by Gasteiger charge is 2.40. The first kappa shape index (κ1) is 25.7.